The molecule has 0 unspecified atom stereocenters. The fraction of sp³-hybridized carbons (Fsp3) is 0.111. The van der Waals surface area contributed by atoms with Gasteiger partial charge in [-0.05, 0) is 31.2 Å². The molecule has 0 saturated carbocycles. The van der Waals surface area contributed by atoms with E-state index in [0.29, 0.717) is 11.5 Å². The van der Waals surface area contributed by atoms with Gasteiger partial charge in [0.25, 0.3) is 11.1 Å². The second-order valence-corrected chi connectivity index (χ2v) is 5.90. The van der Waals surface area contributed by atoms with Crippen molar-refractivity contribution < 1.29 is 13.2 Å². The van der Waals surface area contributed by atoms with Gasteiger partial charge in [-0.1, -0.05) is 0 Å². The molecule has 0 saturated heterocycles. The zero-order valence-corrected chi connectivity index (χ0v) is 13.6. The maximum atomic E-state index is 13.5. The van der Waals surface area contributed by atoms with Crippen LogP contribution in [0.5, 0.6) is 0 Å². The van der Waals surface area contributed by atoms with Crippen LogP contribution in [0.3, 0.4) is 0 Å². The van der Waals surface area contributed by atoms with Crippen molar-refractivity contribution in [1.29, 1.82) is 0 Å². The predicted molar refractivity (Wildman–Crippen MR) is 90.6 cm³/mol. The van der Waals surface area contributed by atoms with E-state index in [2.05, 4.69) is 5.10 Å². The molecule has 4 aromatic rings. The third-order valence-electron chi connectivity index (χ3n) is 4.22. The summed E-state index contributed by atoms with van der Waals surface area (Å²) in [4.78, 5) is 25.2. The molecule has 0 bridgehead atoms. The Morgan fingerprint density at radius 2 is 1.85 bits per heavy atom. The number of hydrogen-bond donors (Lipinski definition) is 1. The lowest BCUT2D eigenvalue weighted by Crippen LogP contribution is -2.23. The van der Waals surface area contributed by atoms with Gasteiger partial charge in [-0.2, -0.15) is 0 Å². The van der Waals surface area contributed by atoms with Gasteiger partial charge >= 0.3 is 0 Å². The van der Waals surface area contributed by atoms with Crippen LogP contribution in [0.1, 0.15) is 11.5 Å². The zero-order chi connectivity index (χ0) is 18.4. The average Bonchev–Trinajstić information content (AvgIpc) is 3.18. The third kappa shape index (κ3) is 2.55. The normalized spacial score (nSPS) is 11.3. The van der Waals surface area contributed by atoms with E-state index in [1.807, 2.05) is 0 Å². The smallest absolute Gasteiger partial charge is 0.280 e. The Labute approximate surface area is 144 Å². The largest absolute Gasteiger partial charge is 0.467 e. The van der Waals surface area contributed by atoms with Crippen molar-refractivity contribution in [3.8, 4) is 5.69 Å². The van der Waals surface area contributed by atoms with Crippen molar-refractivity contribution in [2.24, 2.45) is 0 Å². The predicted octanol–water partition coefficient (Wildman–Crippen LogP) is 2.71. The van der Waals surface area contributed by atoms with E-state index in [4.69, 9.17) is 4.42 Å². The molecule has 0 radical (unpaired) electrons. The highest BCUT2D eigenvalue weighted by atomic mass is 19.1. The number of rotatable bonds is 3. The second-order valence-electron chi connectivity index (χ2n) is 5.90. The van der Waals surface area contributed by atoms with Crippen LogP contribution >= 0.6 is 0 Å². The van der Waals surface area contributed by atoms with E-state index in [-0.39, 0.29) is 28.7 Å². The maximum Gasteiger partial charge on any atom is 0.280 e. The number of aryl methyl sites for hydroxylation is 1. The Morgan fingerprint density at radius 1 is 1.12 bits per heavy atom. The average molecular weight is 357 g/mol. The monoisotopic (exact) mass is 357 g/mol. The number of aromatic amines is 1. The number of H-pyrrole nitrogens is 1. The van der Waals surface area contributed by atoms with Gasteiger partial charge in [0, 0.05) is 17.8 Å². The van der Waals surface area contributed by atoms with Crippen molar-refractivity contribution in [2.75, 3.05) is 0 Å². The van der Waals surface area contributed by atoms with Gasteiger partial charge in [0.2, 0.25) is 0 Å². The van der Waals surface area contributed by atoms with Crippen LogP contribution in [0.4, 0.5) is 8.78 Å². The maximum absolute atomic E-state index is 13.5. The Bertz CT molecular complexity index is 1210. The Balaban J connectivity index is 1.94. The molecule has 0 fully saturated rings. The van der Waals surface area contributed by atoms with Crippen LogP contribution in [0.15, 0.2) is 56.7 Å². The number of aromatic nitrogens is 3. The van der Waals surface area contributed by atoms with Crippen LogP contribution in [0.25, 0.3) is 16.6 Å². The highest BCUT2D eigenvalue weighted by Crippen LogP contribution is 2.16. The summed E-state index contributed by atoms with van der Waals surface area (Å²) >= 11 is 0. The molecule has 4 rings (SSSR count). The number of nitrogens with zero attached hydrogens (tertiary/aromatic N) is 2. The molecule has 3 heterocycles. The molecule has 8 heteroatoms. The lowest BCUT2D eigenvalue weighted by Gasteiger charge is -2.08. The summed E-state index contributed by atoms with van der Waals surface area (Å²) < 4.78 is 34.7. The molecule has 132 valence electrons. The molecular weight excluding hydrogens is 344 g/mol. The molecule has 26 heavy (non-hydrogen) atoms. The van der Waals surface area contributed by atoms with E-state index in [0.717, 1.165) is 22.9 Å². The number of halogens is 2. The summed E-state index contributed by atoms with van der Waals surface area (Å²) in [6.45, 7) is 1.81. The molecular formula is C18H13F2N3O3. The van der Waals surface area contributed by atoms with E-state index < -0.39 is 17.2 Å². The first-order valence-electron chi connectivity index (χ1n) is 7.78. The Hall–Kier alpha value is -3.42. The number of benzene rings is 1. The van der Waals surface area contributed by atoms with E-state index in [1.54, 1.807) is 19.1 Å². The van der Waals surface area contributed by atoms with E-state index in [9.17, 15) is 18.4 Å². The zero-order valence-electron chi connectivity index (χ0n) is 13.6. The lowest BCUT2D eigenvalue weighted by atomic mass is 10.2. The number of hydrogen-bond acceptors (Lipinski definition) is 3. The molecule has 0 aliphatic carbocycles. The van der Waals surface area contributed by atoms with Gasteiger partial charge in [0.15, 0.2) is 0 Å². The molecule has 0 spiro atoms. The SMILES string of the molecule is Cc1c2c(=O)n(-c3cc(F)cc(F)c3)[nH]c2cc(=O)n1Cc1ccco1. The molecule has 1 aromatic carbocycles. The van der Waals surface area contributed by atoms with E-state index in [1.165, 1.54) is 16.9 Å². The molecule has 0 aliphatic heterocycles. The standard InChI is InChI=1S/C18H13F2N3O3/c1-10-17-15(8-16(24)22(10)9-14-3-2-4-26-14)21-23(18(17)25)13-6-11(19)5-12(20)7-13/h2-8,21H,9H2,1H3. The fourth-order valence-electron chi connectivity index (χ4n) is 3.01. The first-order valence-corrected chi connectivity index (χ1v) is 7.78. The first-order chi connectivity index (χ1) is 12.4. The minimum atomic E-state index is -0.806. The van der Waals surface area contributed by atoms with Gasteiger partial charge in [0.05, 0.1) is 29.4 Å². The molecule has 3 aromatic heterocycles. The topological polar surface area (TPSA) is 72.9 Å². The quantitative estimate of drug-likeness (QED) is 0.613. The minimum Gasteiger partial charge on any atom is -0.467 e. The molecule has 0 aliphatic rings. The lowest BCUT2D eigenvalue weighted by molar-refractivity contribution is 0.487. The van der Waals surface area contributed by atoms with Crippen molar-refractivity contribution in [2.45, 2.75) is 13.5 Å². The first kappa shape index (κ1) is 16.1. The minimum absolute atomic E-state index is 0.00753. The van der Waals surface area contributed by atoms with Crippen molar-refractivity contribution >= 4 is 10.9 Å². The Kier molecular flexibility index (Phi) is 3.61. The summed E-state index contributed by atoms with van der Waals surface area (Å²) in [7, 11) is 0. The van der Waals surface area contributed by atoms with Gasteiger partial charge < -0.3 is 8.98 Å². The number of nitrogens with one attached hydrogen (secondary N) is 1. The van der Waals surface area contributed by atoms with Gasteiger partial charge in [-0.3, -0.25) is 14.7 Å². The summed E-state index contributed by atoms with van der Waals surface area (Å²) in [6, 6.07) is 7.49. The molecule has 0 amide bonds. The fourth-order valence-corrected chi connectivity index (χ4v) is 3.01. The van der Waals surface area contributed by atoms with Crippen LogP contribution < -0.4 is 11.1 Å². The van der Waals surface area contributed by atoms with Gasteiger partial charge in [-0.25, -0.2) is 13.5 Å². The van der Waals surface area contributed by atoms with Gasteiger partial charge in [0.1, 0.15) is 17.4 Å². The summed E-state index contributed by atoms with van der Waals surface area (Å²) in [5.74, 6) is -1.04. The van der Waals surface area contributed by atoms with Crippen LogP contribution in [0, 0.1) is 18.6 Å². The highest BCUT2D eigenvalue weighted by Gasteiger charge is 2.16. The van der Waals surface area contributed by atoms with Crippen LogP contribution in [-0.2, 0) is 6.54 Å². The van der Waals surface area contributed by atoms with Crippen molar-refractivity contribution in [3.05, 3.63) is 86.5 Å². The Morgan fingerprint density at radius 3 is 2.50 bits per heavy atom. The molecule has 0 atom stereocenters. The third-order valence-corrected chi connectivity index (χ3v) is 4.22. The van der Waals surface area contributed by atoms with Crippen molar-refractivity contribution in [3.63, 3.8) is 0 Å². The summed E-state index contributed by atoms with van der Waals surface area (Å²) in [5, 5.41) is 3.00. The highest BCUT2D eigenvalue weighted by molar-refractivity contribution is 5.80. The van der Waals surface area contributed by atoms with E-state index >= 15 is 0 Å². The molecule has 6 nitrogen and oxygen atoms in total. The molecule has 1 N–H and O–H groups in total. The summed E-state index contributed by atoms with van der Waals surface area (Å²) in [5.41, 5.74) is -0.104. The van der Waals surface area contributed by atoms with Gasteiger partial charge in [-0.15, -0.1) is 0 Å². The number of pyridine rings is 1. The van der Waals surface area contributed by atoms with Crippen molar-refractivity contribution in [1.82, 2.24) is 14.3 Å². The summed E-state index contributed by atoms with van der Waals surface area (Å²) in [6.07, 6.45) is 1.50. The van der Waals surface area contributed by atoms with Crippen LogP contribution in [-0.4, -0.2) is 14.3 Å². The second kappa shape index (κ2) is 5.83. The van der Waals surface area contributed by atoms with Crippen LogP contribution in [0.2, 0.25) is 0 Å². The number of fused-ring (bicyclic) bond motifs is 1. The number of furan rings is 1.